The number of methoxy groups -OCH3 is 1. The van der Waals surface area contributed by atoms with E-state index in [0.717, 1.165) is 34.9 Å². The van der Waals surface area contributed by atoms with E-state index in [1.165, 1.54) is 19.2 Å². The molecule has 1 aliphatic heterocycles. The Kier molecular flexibility index (Phi) is 5.58. The average Bonchev–Trinajstić information content (AvgIpc) is 3.20. The minimum Gasteiger partial charge on any atom is -0.496 e. The second-order valence-electron chi connectivity index (χ2n) is 7.70. The SMILES string of the molecule is COc1cc(F)ccc1Cn1cc(CCc2nc(C)c3c(n2)N(C)[C@@H](C)C(=O)N3)cn1. The van der Waals surface area contributed by atoms with Crippen molar-refractivity contribution in [3.8, 4) is 5.75 Å². The lowest BCUT2D eigenvalue weighted by Gasteiger charge is -2.32. The van der Waals surface area contributed by atoms with Gasteiger partial charge < -0.3 is 15.0 Å². The lowest BCUT2D eigenvalue weighted by Crippen LogP contribution is -2.45. The number of aromatic nitrogens is 4. The van der Waals surface area contributed by atoms with E-state index in [4.69, 9.17) is 4.74 Å². The van der Waals surface area contributed by atoms with Crippen molar-refractivity contribution in [2.24, 2.45) is 0 Å². The summed E-state index contributed by atoms with van der Waals surface area (Å²) in [7, 11) is 3.39. The van der Waals surface area contributed by atoms with Crippen molar-refractivity contribution in [2.45, 2.75) is 39.3 Å². The maximum Gasteiger partial charge on any atom is 0.246 e. The Balaban J connectivity index is 1.46. The highest BCUT2D eigenvalue weighted by atomic mass is 19.1. The summed E-state index contributed by atoms with van der Waals surface area (Å²) in [6.45, 7) is 4.21. The zero-order chi connectivity index (χ0) is 22.1. The van der Waals surface area contributed by atoms with Gasteiger partial charge in [-0.3, -0.25) is 9.48 Å². The van der Waals surface area contributed by atoms with Crippen LogP contribution in [0.3, 0.4) is 0 Å². The molecule has 0 bridgehead atoms. The molecule has 2 aromatic heterocycles. The maximum atomic E-state index is 13.4. The Bertz CT molecular complexity index is 1130. The molecule has 1 amide bonds. The molecule has 0 radical (unpaired) electrons. The predicted molar refractivity (Wildman–Crippen MR) is 115 cm³/mol. The first-order chi connectivity index (χ1) is 14.9. The molecule has 31 heavy (non-hydrogen) atoms. The van der Waals surface area contributed by atoms with Crippen molar-refractivity contribution in [2.75, 3.05) is 24.4 Å². The normalized spacial score (nSPS) is 15.6. The van der Waals surface area contributed by atoms with Crippen LogP contribution < -0.4 is 15.0 Å². The van der Waals surface area contributed by atoms with Gasteiger partial charge in [0, 0.05) is 31.3 Å². The van der Waals surface area contributed by atoms with Crippen LogP contribution in [0.5, 0.6) is 5.75 Å². The highest BCUT2D eigenvalue weighted by molar-refractivity contribution is 6.02. The average molecular weight is 424 g/mol. The fraction of sp³-hybridized carbons (Fsp3) is 0.364. The Morgan fingerprint density at radius 3 is 2.84 bits per heavy atom. The second kappa shape index (κ2) is 8.33. The number of halogens is 1. The van der Waals surface area contributed by atoms with Crippen molar-refractivity contribution in [1.29, 1.82) is 0 Å². The first-order valence-electron chi connectivity index (χ1n) is 10.1. The highest BCUT2D eigenvalue weighted by Crippen LogP contribution is 2.31. The molecule has 0 aliphatic carbocycles. The summed E-state index contributed by atoms with van der Waals surface area (Å²) in [4.78, 5) is 23.2. The third-order valence-electron chi connectivity index (χ3n) is 5.57. The molecule has 1 aromatic carbocycles. The molecule has 0 saturated heterocycles. The van der Waals surface area contributed by atoms with E-state index in [2.05, 4.69) is 20.4 Å². The van der Waals surface area contributed by atoms with Gasteiger partial charge in [0.25, 0.3) is 0 Å². The Hall–Kier alpha value is -3.49. The van der Waals surface area contributed by atoms with E-state index in [0.29, 0.717) is 24.4 Å². The molecule has 3 heterocycles. The molecule has 1 aliphatic rings. The molecular formula is C22H25FN6O2. The first kappa shape index (κ1) is 20.8. The topological polar surface area (TPSA) is 85.2 Å². The van der Waals surface area contributed by atoms with Crippen LogP contribution in [0.25, 0.3) is 0 Å². The number of carbonyl (C=O) groups is 1. The van der Waals surface area contributed by atoms with Crippen molar-refractivity contribution in [1.82, 2.24) is 19.7 Å². The molecule has 8 nitrogen and oxygen atoms in total. The van der Waals surface area contributed by atoms with Crippen molar-refractivity contribution >= 4 is 17.4 Å². The molecule has 162 valence electrons. The number of carbonyl (C=O) groups excluding carboxylic acids is 1. The zero-order valence-electron chi connectivity index (χ0n) is 18.0. The summed E-state index contributed by atoms with van der Waals surface area (Å²) in [5.41, 5.74) is 3.34. The number of benzene rings is 1. The summed E-state index contributed by atoms with van der Waals surface area (Å²) in [5, 5.41) is 7.31. The lowest BCUT2D eigenvalue weighted by atomic mass is 10.1. The molecule has 0 unspecified atom stereocenters. The molecule has 1 N–H and O–H groups in total. The molecular weight excluding hydrogens is 399 g/mol. The second-order valence-corrected chi connectivity index (χ2v) is 7.70. The van der Waals surface area contributed by atoms with Crippen molar-refractivity contribution in [3.05, 3.63) is 59.1 Å². The number of rotatable bonds is 6. The zero-order valence-corrected chi connectivity index (χ0v) is 18.0. The number of hydrogen-bond acceptors (Lipinski definition) is 6. The third-order valence-corrected chi connectivity index (χ3v) is 5.57. The van der Waals surface area contributed by atoms with E-state index in [1.54, 1.807) is 10.7 Å². The van der Waals surface area contributed by atoms with Crippen LogP contribution in [-0.4, -0.2) is 45.9 Å². The summed E-state index contributed by atoms with van der Waals surface area (Å²) in [5.74, 6) is 1.58. The summed E-state index contributed by atoms with van der Waals surface area (Å²) >= 11 is 0. The van der Waals surface area contributed by atoms with Crippen LogP contribution in [0.1, 0.15) is 29.6 Å². The first-order valence-corrected chi connectivity index (χ1v) is 10.1. The third kappa shape index (κ3) is 4.21. The van der Waals surface area contributed by atoms with Gasteiger partial charge in [-0.2, -0.15) is 5.10 Å². The molecule has 0 spiro atoms. The Labute approximate surface area is 180 Å². The van der Waals surface area contributed by atoms with Gasteiger partial charge >= 0.3 is 0 Å². The van der Waals surface area contributed by atoms with Crippen LogP contribution in [-0.2, 0) is 24.2 Å². The van der Waals surface area contributed by atoms with E-state index < -0.39 is 0 Å². The van der Waals surface area contributed by atoms with Gasteiger partial charge in [-0.25, -0.2) is 14.4 Å². The standard InChI is InChI=1S/C22H25FN6O2/c1-13-20-21(28(3)14(2)22(30)27-20)26-19(25-13)8-5-15-10-24-29(11-15)12-16-6-7-17(23)9-18(16)31-4/h6-7,9-11,14H,5,8,12H2,1-4H3,(H,27,30)/t14-/m0/s1. The van der Waals surface area contributed by atoms with Gasteiger partial charge in [-0.1, -0.05) is 6.07 Å². The number of ether oxygens (including phenoxy) is 1. The van der Waals surface area contributed by atoms with E-state index in [9.17, 15) is 9.18 Å². The minimum atomic E-state index is -0.332. The van der Waals surface area contributed by atoms with E-state index in [-0.39, 0.29) is 17.8 Å². The van der Waals surface area contributed by atoms with Crippen LogP contribution in [0, 0.1) is 12.7 Å². The quantitative estimate of drug-likeness (QED) is 0.655. The van der Waals surface area contributed by atoms with E-state index >= 15 is 0 Å². The monoisotopic (exact) mass is 424 g/mol. The Morgan fingerprint density at radius 1 is 1.26 bits per heavy atom. The van der Waals surface area contributed by atoms with Gasteiger partial charge in [-0.15, -0.1) is 0 Å². The number of hydrogen-bond donors (Lipinski definition) is 1. The summed E-state index contributed by atoms with van der Waals surface area (Å²) in [6, 6.07) is 4.21. The molecule has 3 aromatic rings. The van der Waals surface area contributed by atoms with Crippen molar-refractivity contribution in [3.63, 3.8) is 0 Å². The fourth-order valence-electron chi connectivity index (χ4n) is 3.62. The number of nitrogens with zero attached hydrogens (tertiary/aromatic N) is 5. The largest absolute Gasteiger partial charge is 0.496 e. The smallest absolute Gasteiger partial charge is 0.246 e. The van der Waals surface area contributed by atoms with Gasteiger partial charge in [0.1, 0.15) is 29.1 Å². The van der Waals surface area contributed by atoms with Crippen LogP contribution in [0.2, 0.25) is 0 Å². The van der Waals surface area contributed by atoms with Gasteiger partial charge in [0.2, 0.25) is 5.91 Å². The summed E-state index contributed by atoms with van der Waals surface area (Å²) in [6.07, 6.45) is 5.15. The molecule has 4 rings (SSSR count). The minimum absolute atomic E-state index is 0.0559. The molecule has 0 fully saturated rings. The number of fused-ring (bicyclic) bond motifs is 1. The number of aryl methyl sites for hydroxylation is 3. The van der Waals surface area contributed by atoms with Gasteiger partial charge in [-0.05, 0) is 31.9 Å². The lowest BCUT2D eigenvalue weighted by molar-refractivity contribution is -0.117. The number of likely N-dealkylation sites (N-methyl/N-ethyl adjacent to an activating group) is 1. The number of nitrogens with one attached hydrogen (secondary N) is 1. The van der Waals surface area contributed by atoms with Crippen LogP contribution in [0.4, 0.5) is 15.9 Å². The number of amides is 1. The molecule has 0 saturated carbocycles. The van der Waals surface area contributed by atoms with E-state index in [1.807, 2.05) is 38.2 Å². The highest BCUT2D eigenvalue weighted by Gasteiger charge is 2.30. The molecule has 1 atom stereocenters. The van der Waals surface area contributed by atoms with Crippen molar-refractivity contribution < 1.29 is 13.9 Å². The van der Waals surface area contributed by atoms with Crippen LogP contribution in [0.15, 0.2) is 30.6 Å². The summed E-state index contributed by atoms with van der Waals surface area (Å²) < 4.78 is 20.5. The fourth-order valence-corrected chi connectivity index (χ4v) is 3.62. The van der Waals surface area contributed by atoms with Gasteiger partial charge in [0.15, 0.2) is 5.82 Å². The molecule has 9 heteroatoms. The maximum absolute atomic E-state index is 13.4. The van der Waals surface area contributed by atoms with Gasteiger partial charge in [0.05, 0.1) is 25.5 Å². The Morgan fingerprint density at radius 2 is 2.06 bits per heavy atom. The predicted octanol–water partition coefficient (Wildman–Crippen LogP) is 2.74. The van der Waals surface area contributed by atoms with Crippen LogP contribution >= 0.6 is 0 Å². The number of anilines is 2.